The van der Waals surface area contributed by atoms with Gasteiger partial charge >= 0.3 is 11.9 Å². The van der Waals surface area contributed by atoms with Gasteiger partial charge in [-0.15, -0.1) is 22.7 Å². The van der Waals surface area contributed by atoms with Crippen molar-refractivity contribution in [3.63, 3.8) is 0 Å². The molecule has 336 valence electrons. The van der Waals surface area contributed by atoms with Crippen molar-refractivity contribution in [1.82, 2.24) is 25.8 Å². The summed E-state index contributed by atoms with van der Waals surface area (Å²) in [4.78, 5) is 80.8. The van der Waals surface area contributed by atoms with Crippen LogP contribution < -0.4 is 16.0 Å². The molecule has 4 aliphatic rings. The summed E-state index contributed by atoms with van der Waals surface area (Å²) in [6.07, 6.45) is 2.34. The van der Waals surface area contributed by atoms with Crippen molar-refractivity contribution < 1.29 is 38.2 Å². The van der Waals surface area contributed by atoms with Gasteiger partial charge in [-0.05, 0) is 136 Å². The number of fused-ring (bicyclic) bond motifs is 2. The lowest BCUT2D eigenvalue weighted by Gasteiger charge is -2.32. The predicted molar refractivity (Wildman–Crippen MR) is 250 cm³/mol. The average molecular weight is 906 g/mol. The fraction of sp³-hybridized carbons (Fsp3) is 0.388. The first-order valence-corrected chi connectivity index (χ1v) is 23.1. The Morgan fingerprint density at radius 1 is 0.656 bits per heavy atom. The van der Waals surface area contributed by atoms with Crippen LogP contribution in [0.5, 0.6) is 0 Å². The molecule has 13 nitrogen and oxygen atoms in total. The zero-order valence-electron chi connectivity index (χ0n) is 37.8. The summed E-state index contributed by atoms with van der Waals surface area (Å²) in [7, 11) is 4.74. The van der Waals surface area contributed by atoms with Gasteiger partial charge in [0.25, 0.3) is 11.8 Å². The minimum Gasteiger partial charge on any atom is -0.466 e. The highest BCUT2D eigenvalue weighted by Crippen LogP contribution is 2.45. The lowest BCUT2D eigenvalue weighted by Crippen LogP contribution is -2.47. The molecule has 2 fully saturated rings. The monoisotopic (exact) mass is 905 g/mol. The zero-order valence-corrected chi connectivity index (χ0v) is 39.4. The molecule has 2 atom stereocenters. The number of rotatable bonds is 10. The second kappa shape index (κ2) is 19.1. The van der Waals surface area contributed by atoms with Gasteiger partial charge in [0, 0.05) is 99.0 Å². The summed E-state index contributed by atoms with van der Waals surface area (Å²) in [6.45, 7) is 14.1. The molecule has 2 aromatic carbocycles. The summed E-state index contributed by atoms with van der Waals surface area (Å²) >= 11 is 3.07. The maximum atomic E-state index is 13.2. The third-order valence-electron chi connectivity index (χ3n) is 12.5. The maximum absolute atomic E-state index is 13.2. The van der Waals surface area contributed by atoms with Crippen molar-refractivity contribution in [2.75, 3.05) is 54.0 Å². The molecule has 4 aromatic rings. The minimum atomic E-state index is -0.557. The first-order chi connectivity index (χ1) is 30.5. The number of hydrogen-bond donors (Lipinski definition) is 3. The Morgan fingerprint density at radius 3 is 1.53 bits per heavy atom. The molecule has 5 heterocycles. The summed E-state index contributed by atoms with van der Waals surface area (Å²) in [5.74, 6) is -1.77. The number of piperazine rings is 1. The lowest BCUT2D eigenvalue weighted by atomic mass is 9.79. The van der Waals surface area contributed by atoms with Crippen LogP contribution in [0.25, 0.3) is 20.2 Å². The number of thiophene rings is 2. The Balaban J connectivity index is 0.000000192. The fourth-order valence-corrected chi connectivity index (χ4v) is 10.9. The zero-order chi connectivity index (χ0) is 46.1. The van der Waals surface area contributed by atoms with Crippen LogP contribution in [0.15, 0.2) is 92.2 Å². The number of carbonyl (C=O) groups is 6. The van der Waals surface area contributed by atoms with E-state index in [2.05, 4.69) is 27.9 Å². The SMILES string of the molecule is COC(=O)C1=C(C)NC(C)=C(C(C)=O)C1c1csc2ccc(C(=O)N3CCN(C)CC3)cc12.COC(=O)C1=C(C)NC(C)=C(C(C)=O)C1c1csc2ccc(C(=O)NCC3CC3)cc12. The van der Waals surface area contributed by atoms with Gasteiger partial charge in [0.1, 0.15) is 0 Å². The normalized spacial score (nSPS) is 19.2. The second-order valence-corrected chi connectivity index (χ2v) is 18.7. The van der Waals surface area contributed by atoms with E-state index in [0.717, 1.165) is 55.8 Å². The summed E-state index contributed by atoms with van der Waals surface area (Å²) in [6, 6.07) is 11.3. The van der Waals surface area contributed by atoms with Gasteiger partial charge < -0.3 is 35.2 Å². The Labute approximate surface area is 381 Å². The topological polar surface area (TPSA) is 163 Å². The standard InChI is InChI=1S/C25H29N3O4S.C24H26N2O4S/c1-14-21(16(3)29)23(22(15(2)26-14)25(31)32-5)19-13-33-20-7-6-17(12-18(19)20)24(30)28-10-8-27(4)9-11-28;1-12-20(14(3)27)22(21(13(2)26-12)24(29)30-4)18-11-31-19-8-7-16(9-17(18)19)23(28)25-10-15-5-6-15/h6-7,12-13,23,26H,8-11H2,1-5H3;7-9,11,15,22,26H,5-6,10H2,1-4H3,(H,25,28). The summed E-state index contributed by atoms with van der Waals surface area (Å²) in [5, 5.41) is 15.0. The van der Waals surface area contributed by atoms with Gasteiger partial charge in [-0.3, -0.25) is 19.2 Å². The number of benzene rings is 2. The van der Waals surface area contributed by atoms with Crippen LogP contribution in [0.3, 0.4) is 0 Å². The number of carbonyl (C=O) groups excluding carboxylic acids is 6. The number of nitrogens with zero attached hydrogens (tertiary/aromatic N) is 2. The Hall–Kier alpha value is -5.90. The van der Waals surface area contributed by atoms with Gasteiger partial charge in [0.05, 0.1) is 25.4 Å². The number of dihydropyridines is 2. The molecule has 3 N–H and O–H groups in total. The predicted octanol–water partition coefficient (Wildman–Crippen LogP) is 7.32. The number of methoxy groups -OCH3 is 2. The van der Waals surface area contributed by atoms with Crippen LogP contribution >= 0.6 is 22.7 Å². The number of amides is 2. The van der Waals surface area contributed by atoms with E-state index >= 15 is 0 Å². The number of ketones is 2. The van der Waals surface area contributed by atoms with Crippen molar-refractivity contribution >= 4 is 78.2 Å². The smallest absolute Gasteiger partial charge is 0.336 e. The molecule has 0 bridgehead atoms. The van der Waals surface area contributed by atoms with Gasteiger partial charge in [0.2, 0.25) is 0 Å². The number of allylic oxidation sites excluding steroid dienone is 6. The summed E-state index contributed by atoms with van der Waals surface area (Å²) < 4.78 is 12.1. The van der Waals surface area contributed by atoms with Crippen molar-refractivity contribution in [3.05, 3.63) is 114 Å². The summed E-state index contributed by atoms with van der Waals surface area (Å²) in [5.41, 5.74) is 7.56. The molecule has 2 unspecified atom stereocenters. The molecule has 1 aliphatic carbocycles. The molecule has 2 amide bonds. The van der Waals surface area contributed by atoms with E-state index in [1.165, 1.54) is 52.2 Å². The lowest BCUT2D eigenvalue weighted by molar-refractivity contribution is -0.137. The first-order valence-electron chi connectivity index (χ1n) is 21.4. The molecule has 0 radical (unpaired) electrons. The largest absolute Gasteiger partial charge is 0.466 e. The Kier molecular flexibility index (Phi) is 13.7. The van der Waals surface area contributed by atoms with Gasteiger partial charge in [-0.1, -0.05) is 0 Å². The van der Waals surface area contributed by atoms with Crippen molar-refractivity contribution in [3.8, 4) is 0 Å². The number of likely N-dealkylation sites (N-methyl/N-ethyl adjacent to an activating group) is 1. The molecule has 1 saturated heterocycles. The third-order valence-corrected chi connectivity index (χ3v) is 14.4. The quantitative estimate of drug-likeness (QED) is 0.137. The molecular weight excluding hydrogens is 851 g/mol. The van der Waals surface area contributed by atoms with Crippen LogP contribution in [0.4, 0.5) is 0 Å². The third kappa shape index (κ3) is 9.19. The van der Waals surface area contributed by atoms with E-state index in [1.807, 2.05) is 79.8 Å². The Morgan fingerprint density at radius 2 is 1.09 bits per heavy atom. The maximum Gasteiger partial charge on any atom is 0.336 e. The van der Waals surface area contributed by atoms with Gasteiger partial charge in [0.15, 0.2) is 11.6 Å². The molecule has 15 heteroatoms. The van der Waals surface area contributed by atoms with Gasteiger partial charge in [-0.2, -0.15) is 0 Å². The van der Waals surface area contributed by atoms with E-state index in [1.54, 1.807) is 11.3 Å². The fourth-order valence-electron chi connectivity index (χ4n) is 8.98. The van der Waals surface area contributed by atoms with Crippen molar-refractivity contribution in [2.24, 2.45) is 5.92 Å². The van der Waals surface area contributed by atoms with E-state index in [9.17, 15) is 28.8 Å². The highest BCUT2D eigenvalue weighted by molar-refractivity contribution is 7.17. The van der Waals surface area contributed by atoms with Crippen molar-refractivity contribution in [1.29, 1.82) is 0 Å². The van der Waals surface area contributed by atoms with Gasteiger partial charge in [-0.25, -0.2) is 9.59 Å². The molecule has 3 aliphatic heterocycles. The number of ether oxygens (including phenoxy) is 2. The Bertz CT molecular complexity index is 2730. The number of nitrogens with one attached hydrogen (secondary N) is 3. The van der Waals surface area contributed by atoms with E-state index in [4.69, 9.17) is 9.47 Å². The van der Waals surface area contributed by atoms with Crippen LogP contribution in [-0.2, 0) is 28.7 Å². The number of esters is 2. The minimum absolute atomic E-state index is 0.00545. The van der Waals surface area contributed by atoms with Crippen molar-refractivity contribution in [2.45, 2.75) is 66.2 Å². The van der Waals surface area contributed by atoms with E-state index in [0.29, 0.717) is 70.4 Å². The number of hydrogen-bond acceptors (Lipinski definition) is 13. The molecule has 0 spiro atoms. The van der Waals surface area contributed by atoms with Crippen LogP contribution in [0, 0.1) is 5.92 Å². The van der Waals surface area contributed by atoms with E-state index < -0.39 is 23.8 Å². The van der Waals surface area contributed by atoms with E-state index in [-0.39, 0.29) is 23.4 Å². The molecule has 1 saturated carbocycles. The van der Waals surface area contributed by atoms with Crippen LogP contribution in [0.2, 0.25) is 0 Å². The number of Topliss-reactive ketones (excluding diaryl/α,β-unsaturated/α-hetero) is 2. The highest BCUT2D eigenvalue weighted by Gasteiger charge is 2.39. The van der Waals surface area contributed by atoms with Crippen LogP contribution in [0.1, 0.15) is 98.1 Å². The molecule has 2 aromatic heterocycles. The molecular formula is C49H55N5O8S2. The second-order valence-electron chi connectivity index (χ2n) is 16.9. The van der Waals surface area contributed by atoms with Crippen LogP contribution in [-0.4, -0.2) is 99.1 Å². The molecule has 8 rings (SSSR count). The highest BCUT2D eigenvalue weighted by atomic mass is 32.1. The average Bonchev–Trinajstić information content (AvgIpc) is 3.86. The first kappa shape index (κ1) is 46.1. The molecule has 64 heavy (non-hydrogen) atoms.